The Morgan fingerprint density at radius 3 is 2.90 bits per heavy atom. The summed E-state index contributed by atoms with van der Waals surface area (Å²) < 4.78 is 28.4. The second-order valence-corrected chi connectivity index (χ2v) is 6.17. The first-order valence-electron chi connectivity index (χ1n) is 6.24. The summed E-state index contributed by atoms with van der Waals surface area (Å²) in [6, 6.07) is 7.14. The van der Waals surface area contributed by atoms with Crippen LogP contribution in [0.4, 0.5) is 5.69 Å². The molecule has 0 unspecified atom stereocenters. The Morgan fingerprint density at radius 2 is 2.20 bits per heavy atom. The van der Waals surface area contributed by atoms with Gasteiger partial charge in [-0.1, -0.05) is 12.1 Å². The van der Waals surface area contributed by atoms with E-state index in [0.29, 0.717) is 18.7 Å². The Kier molecular flexibility index (Phi) is 4.41. The highest BCUT2D eigenvalue weighted by Crippen LogP contribution is 2.16. The molecule has 0 fully saturated rings. The van der Waals surface area contributed by atoms with Crippen molar-refractivity contribution in [3.05, 3.63) is 42.2 Å². The Labute approximate surface area is 118 Å². The van der Waals surface area contributed by atoms with Crippen LogP contribution >= 0.6 is 0 Å². The first-order valence-corrected chi connectivity index (χ1v) is 7.72. The summed E-state index contributed by atoms with van der Waals surface area (Å²) in [7, 11) is -3.63. The third-order valence-corrected chi connectivity index (χ3v) is 4.07. The van der Waals surface area contributed by atoms with Crippen LogP contribution in [0.1, 0.15) is 12.0 Å². The molecule has 2 N–H and O–H groups in total. The summed E-state index contributed by atoms with van der Waals surface area (Å²) in [5.74, 6) is 0. The van der Waals surface area contributed by atoms with Crippen LogP contribution in [0.5, 0.6) is 0 Å². The smallest absolute Gasteiger partial charge is 0.265 e. The van der Waals surface area contributed by atoms with Gasteiger partial charge in [-0.3, -0.25) is 9.40 Å². The van der Waals surface area contributed by atoms with E-state index < -0.39 is 10.0 Å². The molecule has 1 aromatic carbocycles. The highest BCUT2D eigenvalue weighted by Gasteiger charge is 2.16. The number of aliphatic hydroxyl groups is 1. The van der Waals surface area contributed by atoms with Gasteiger partial charge in [0.1, 0.15) is 4.90 Å². The Bertz CT molecular complexity index is 680. The molecule has 0 aliphatic heterocycles. The van der Waals surface area contributed by atoms with Gasteiger partial charge in [0.05, 0.1) is 6.20 Å². The molecule has 0 spiro atoms. The standard InChI is InChI=1S/C13H17N3O3S/c1-11-4-2-5-12(8-11)15-20(18,19)13-9-14-16(10-13)6-3-7-17/h2,4-5,8-10,15,17H,3,6-7H2,1H3. The van der Waals surface area contributed by atoms with Crippen LogP contribution < -0.4 is 4.72 Å². The molecule has 0 radical (unpaired) electrons. The number of aromatic nitrogens is 2. The fourth-order valence-corrected chi connectivity index (χ4v) is 2.76. The molecule has 108 valence electrons. The molecule has 0 saturated heterocycles. The first kappa shape index (κ1) is 14.5. The SMILES string of the molecule is Cc1cccc(NS(=O)(=O)c2cnn(CCCO)c2)c1. The number of anilines is 1. The molecule has 1 heterocycles. The number of benzene rings is 1. The summed E-state index contributed by atoms with van der Waals surface area (Å²) in [6.07, 6.45) is 3.29. The molecular formula is C13H17N3O3S. The second-order valence-electron chi connectivity index (χ2n) is 4.49. The molecule has 0 bridgehead atoms. The lowest BCUT2D eigenvalue weighted by Gasteiger charge is -2.06. The van der Waals surface area contributed by atoms with Crippen molar-refractivity contribution in [1.82, 2.24) is 9.78 Å². The number of nitrogens with one attached hydrogen (secondary N) is 1. The van der Waals surface area contributed by atoms with Crippen LogP contribution in [0.3, 0.4) is 0 Å². The average molecular weight is 295 g/mol. The number of aryl methyl sites for hydroxylation is 2. The zero-order valence-electron chi connectivity index (χ0n) is 11.2. The van der Waals surface area contributed by atoms with E-state index in [4.69, 9.17) is 5.11 Å². The van der Waals surface area contributed by atoms with Crippen LogP contribution in [0, 0.1) is 6.92 Å². The van der Waals surface area contributed by atoms with E-state index in [1.54, 1.807) is 18.2 Å². The lowest BCUT2D eigenvalue weighted by Crippen LogP contribution is -2.12. The van der Waals surface area contributed by atoms with Crippen LogP contribution in [0.15, 0.2) is 41.6 Å². The molecule has 2 rings (SSSR count). The third-order valence-electron chi connectivity index (χ3n) is 2.74. The maximum Gasteiger partial charge on any atom is 0.265 e. The molecule has 2 aromatic rings. The van der Waals surface area contributed by atoms with Gasteiger partial charge < -0.3 is 5.11 Å². The average Bonchev–Trinajstić information content (AvgIpc) is 2.85. The molecule has 0 amide bonds. The number of nitrogens with zero attached hydrogens (tertiary/aromatic N) is 2. The first-order chi connectivity index (χ1) is 9.51. The van der Waals surface area contributed by atoms with Gasteiger partial charge in [-0.05, 0) is 31.0 Å². The summed E-state index contributed by atoms with van der Waals surface area (Å²) in [4.78, 5) is 0.108. The van der Waals surface area contributed by atoms with Gasteiger partial charge >= 0.3 is 0 Å². The van der Waals surface area contributed by atoms with Gasteiger partial charge in [0.25, 0.3) is 10.0 Å². The van der Waals surface area contributed by atoms with Crippen LogP contribution in [-0.4, -0.2) is 29.9 Å². The van der Waals surface area contributed by atoms with E-state index in [-0.39, 0.29) is 11.5 Å². The molecular weight excluding hydrogens is 278 g/mol. The predicted molar refractivity (Wildman–Crippen MR) is 75.9 cm³/mol. The quantitative estimate of drug-likeness (QED) is 0.843. The van der Waals surface area contributed by atoms with Crippen molar-refractivity contribution in [1.29, 1.82) is 0 Å². The maximum atomic E-state index is 12.2. The molecule has 0 aliphatic carbocycles. The van der Waals surface area contributed by atoms with E-state index in [1.165, 1.54) is 17.1 Å². The number of sulfonamides is 1. The lowest BCUT2D eigenvalue weighted by molar-refractivity contribution is 0.277. The maximum absolute atomic E-state index is 12.2. The minimum absolute atomic E-state index is 0.0451. The van der Waals surface area contributed by atoms with Gasteiger partial charge in [-0.15, -0.1) is 0 Å². The largest absolute Gasteiger partial charge is 0.396 e. The van der Waals surface area contributed by atoms with E-state index >= 15 is 0 Å². The van der Waals surface area contributed by atoms with E-state index in [0.717, 1.165) is 5.56 Å². The summed E-state index contributed by atoms with van der Waals surface area (Å²) in [5, 5.41) is 12.7. The normalized spacial score (nSPS) is 11.5. The second kappa shape index (κ2) is 6.06. The Hall–Kier alpha value is -1.86. The number of aliphatic hydroxyl groups excluding tert-OH is 1. The Balaban J connectivity index is 2.16. The number of hydrogen-bond donors (Lipinski definition) is 2. The van der Waals surface area contributed by atoms with Crippen LogP contribution in [0.25, 0.3) is 0 Å². The highest BCUT2D eigenvalue weighted by molar-refractivity contribution is 7.92. The summed E-state index contributed by atoms with van der Waals surface area (Å²) in [6.45, 7) is 2.42. The predicted octanol–water partition coefficient (Wildman–Crippen LogP) is 1.37. The molecule has 1 aromatic heterocycles. The molecule has 7 heteroatoms. The van der Waals surface area contributed by atoms with Crippen molar-refractivity contribution in [3.8, 4) is 0 Å². The zero-order valence-corrected chi connectivity index (χ0v) is 12.0. The Morgan fingerprint density at radius 1 is 1.40 bits per heavy atom. The monoisotopic (exact) mass is 295 g/mol. The molecule has 0 aliphatic rings. The van der Waals surface area contributed by atoms with Gasteiger partial charge in [0, 0.05) is 25.0 Å². The van der Waals surface area contributed by atoms with Crippen LogP contribution in [-0.2, 0) is 16.6 Å². The van der Waals surface area contributed by atoms with Crippen molar-refractivity contribution >= 4 is 15.7 Å². The number of rotatable bonds is 6. The lowest BCUT2D eigenvalue weighted by atomic mass is 10.2. The molecule has 20 heavy (non-hydrogen) atoms. The van der Waals surface area contributed by atoms with Crippen molar-refractivity contribution in [2.75, 3.05) is 11.3 Å². The minimum Gasteiger partial charge on any atom is -0.396 e. The fourth-order valence-electron chi connectivity index (χ4n) is 1.76. The van der Waals surface area contributed by atoms with Crippen molar-refractivity contribution in [3.63, 3.8) is 0 Å². The zero-order chi connectivity index (χ0) is 14.6. The van der Waals surface area contributed by atoms with Crippen molar-refractivity contribution in [2.45, 2.75) is 24.8 Å². The number of hydrogen-bond acceptors (Lipinski definition) is 4. The van der Waals surface area contributed by atoms with Crippen molar-refractivity contribution in [2.24, 2.45) is 0 Å². The van der Waals surface area contributed by atoms with Gasteiger partial charge in [0.2, 0.25) is 0 Å². The summed E-state index contributed by atoms with van der Waals surface area (Å²) >= 11 is 0. The van der Waals surface area contributed by atoms with Crippen molar-refractivity contribution < 1.29 is 13.5 Å². The van der Waals surface area contributed by atoms with Gasteiger partial charge in [0.15, 0.2) is 0 Å². The third kappa shape index (κ3) is 3.58. The van der Waals surface area contributed by atoms with Crippen LogP contribution in [0.2, 0.25) is 0 Å². The topological polar surface area (TPSA) is 84.2 Å². The van der Waals surface area contributed by atoms with Gasteiger partial charge in [-0.25, -0.2) is 8.42 Å². The molecule has 6 nitrogen and oxygen atoms in total. The molecule has 0 atom stereocenters. The fraction of sp³-hybridized carbons (Fsp3) is 0.308. The summed E-state index contributed by atoms with van der Waals surface area (Å²) in [5.41, 5.74) is 1.50. The minimum atomic E-state index is -3.63. The van der Waals surface area contributed by atoms with Gasteiger partial charge in [-0.2, -0.15) is 5.10 Å². The molecule has 0 saturated carbocycles. The highest BCUT2D eigenvalue weighted by atomic mass is 32.2. The van der Waals surface area contributed by atoms with E-state index in [1.807, 2.05) is 13.0 Å². The van der Waals surface area contributed by atoms with E-state index in [2.05, 4.69) is 9.82 Å². The van der Waals surface area contributed by atoms with E-state index in [9.17, 15) is 8.42 Å².